The molecule has 0 aliphatic heterocycles. The molecule has 6 heteroatoms. The number of hydrogen-bond acceptors (Lipinski definition) is 4. The van der Waals surface area contributed by atoms with E-state index >= 15 is 0 Å². The second-order valence-electron chi connectivity index (χ2n) is 5.49. The number of carbonyl (C=O) groups is 1. The van der Waals surface area contributed by atoms with E-state index in [0.717, 1.165) is 5.56 Å². The van der Waals surface area contributed by atoms with Crippen molar-refractivity contribution >= 4 is 34.0 Å². The lowest BCUT2D eigenvalue weighted by molar-refractivity contribution is -0.118. The summed E-state index contributed by atoms with van der Waals surface area (Å²) in [5.74, 6) is 0.255. The Balaban J connectivity index is 2.03. The van der Waals surface area contributed by atoms with Gasteiger partial charge in [0.05, 0.1) is 6.04 Å². The lowest BCUT2D eigenvalue weighted by Crippen LogP contribution is -2.41. The van der Waals surface area contributed by atoms with Gasteiger partial charge in [-0.3, -0.25) is 10.1 Å². The van der Waals surface area contributed by atoms with E-state index in [1.54, 1.807) is 6.20 Å². The quantitative estimate of drug-likeness (QED) is 0.834. The fraction of sp³-hybridized carbons (Fsp3) is 0.375. The summed E-state index contributed by atoms with van der Waals surface area (Å²) in [5.41, 5.74) is 1.12. The molecule has 2 unspecified atom stereocenters. The van der Waals surface area contributed by atoms with Crippen LogP contribution in [-0.4, -0.2) is 16.9 Å². The van der Waals surface area contributed by atoms with Crippen molar-refractivity contribution in [3.8, 4) is 0 Å². The second kappa shape index (κ2) is 7.72. The van der Waals surface area contributed by atoms with E-state index in [1.165, 1.54) is 11.3 Å². The van der Waals surface area contributed by atoms with Crippen LogP contribution in [0.3, 0.4) is 0 Å². The van der Waals surface area contributed by atoms with Crippen LogP contribution in [-0.2, 0) is 4.79 Å². The summed E-state index contributed by atoms with van der Waals surface area (Å²) < 4.78 is 0. The molecule has 2 N–H and O–H groups in total. The van der Waals surface area contributed by atoms with Crippen LogP contribution >= 0.6 is 22.9 Å². The SMILES string of the molecule is CC(NC(c1ccc(Cl)cc1)C(C)C)C(=O)Nc1nccs1. The molecule has 22 heavy (non-hydrogen) atoms. The van der Waals surface area contributed by atoms with Gasteiger partial charge in [0.15, 0.2) is 5.13 Å². The van der Waals surface area contributed by atoms with Crippen LogP contribution in [0.25, 0.3) is 0 Å². The zero-order valence-corrected chi connectivity index (χ0v) is 14.4. The highest BCUT2D eigenvalue weighted by atomic mass is 35.5. The van der Waals surface area contributed by atoms with E-state index < -0.39 is 0 Å². The van der Waals surface area contributed by atoms with Crippen molar-refractivity contribution in [1.82, 2.24) is 10.3 Å². The summed E-state index contributed by atoms with van der Waals surface area (Å²) in [5, 5.41) is 9.36. The summed E-state index contributed by atoms with van der Waals surface area (Å²) >= 11 is 7.35. The molecule has 1 aromatic carbocycles. The highest BCUT2D eigenvalue weighted by Crippen LogP contribution is 2.24. The predicted molar refractivity (Wildman–Crippen MR) is 92.4 cm³/mol. The number of thiazole rings is 1. The Bertz CT molecular complexity index is 598. The minimum absolute atomic E-state index is 0.0781. The first kappa shape index (κ1) is 16.9. The largest absolute Gasteiger partial charge is 0.301 e. The molecule has 1 aromatic heterocycles. The van der Waals surface area contributed by atoms with Crippen LogP contribution in [0, 0.1) is 5.92 Å². The Kier molecular flexibility index (Phi) is 5.94. The van der Waals surface area contributed by atoms with E-state index in [0.29, 0.717) is 16.1 Å². The molecule has 2 rings (SSSR count). The standard InChI is InChI=1S/C16H20ClN3OS/c1-10(2)14(12-4-6-13(17)7-5-12)19-11(3)15(21)20-16-18-8-9-22-16/h4-11,14,19H,1-3H3,(H,18,20,21). The Hall–Kier alpha value is -1.43. The van der Waals surface area contributed by atoms with Crippen LogP contribution in [0.15, 0.2) is 35.8 Å². The third kappa shape index (κ3) is 4.53. The molecule has 118 valence electrons. The van der Waals surface area contributed by atoms with Gasteiger partial charge >= 0.3 is 0 Å². The average Bonchev–Trinajstić information content (AvgIpc) is 2.98. The molecule has 0 saturated carbocycles. The summed E-state index contributed by atoms with van der Waals surface area (Å²) in [7, 11) is 0. The maximum atomic E-state index is 12.2. The van der Waals surface area contributed by atoms with E-state index in [4.69, 9.17) is 11.6 Å². The highest BCUT2D eigenvalue weighted by molar-refractivity contribution is 7.13. The van der Waals surface area contributed by atoms with Crippen LogP contribution in [0.4, 0.5) is 5.13 Å². The predicted octanol–water partition coefficient (Wildman–Crippen LogP) is 4.11. The number of halogens is 1. The molecule has 0 fully saturated rings. The van der Waals surface area contributed by atoms with Crippen molar-refractivity contribution in [2.75, 3.05) is 5.32 Å². The van der Waals surface area contributed by atoms with Gasteiger partial charge in [-0.25, -0.2) is 4.98 Å². The van der Waals surface area contributed by atoms with Crippen molar-refractivity contribution in [3.63, 3.8) is 0 Å². The van der Waals surface area contributed by atoms with Crippen molar-refractivity contribution in [1.29, 1.82) is 0 Å². The van der Waals surface area contributed by atoms with Gasteiger partial charge in [0, 0.05) is 22.6 Å². The van der Waals surface area contributed by atoms with Crippen molar-refractivity contribution < 1.29 is 4.79 Å². The first-order valence-corrected chi connectivity index (χ1v) is 8.45. The third-order valence-corrected chi connectivity index (χ3v) is 4.32. The molecule has 2 atom stereocenters. The third-order valence-electron chi connectivity index (χ3n) is 3.38. The minimum atomic E-state index is -0.327. The first-order valence-electron chi connectivity index (χ1n) is 7.19. The van der Waals surface area contributed by atoms with Gasteiger partial charge in [-0.15, -0.1) is 11.3 Å². The molecule has 0 aliphatic rings. The molecular formula is C16H20ClN3OS. The number of nitrogens with zero attached hydrogens (tertiary/aromatic N) is 1. The monoisotopic (exact) mass is 337 g/mol. The molecule has 0 spiro atoms. The number of anilines is 1. The number of nitrogens with one attached hydrogen (secondary N) is 2. The molecule has 2 aromatic rings. The summed E-state index contributed by atoms with van der Waals surface area (Å²) in [6.45, 7) is 6.10. The smallest absolute Gasteiger partial charge is 0.243 e. The lowest BCUT2D eigenvalue weighted by Gasteiger charge is -2.26. The molecule has 0 bridgehead atoms. The van der Waals surface area contributed by atoms with Crippen LogP contribution < -0.4 is 10.6 Å². The fourth-order valence-corrected chi connectivity index (χ4v) is 2.85. The van der Waals surface area contributed by atoms with E-state index in [9.17, 15) is 4.79 Å². The first-order chi connectivity index (χ1) is 10.5. The van der Waals surface area contributed by atoms with Gasteiger partial charge in [0.1, 0.15) is 0 Å². The average molecular weight is 338 g/mol. The normalized spacial score (nSPS) is 13.9. The number of hydrogen-bond donors (Lipinski definition) is 2. The van der Waals surface area contributed by atoms with Crippen molar-refractivity contribution in [2.45, 2.75) is 32.9 Å². The van der Waals surface area contributed by atoms with Crippen molar-refractivity contribution in [2.24, 2.45) is 5.92 Å². The Morgan fingerprint density at radius 3 is 2.45 bits per heavy atom. The van der Waals surface area contributed by atoms with Gasteiger partial charge in [0.25, 0.3) is 0 Å². The van der Waals surface area contributed by atoms with Gasteiger partial charge in [-0.2, -0.15) is 0 Å². The van der Waals surface area contributed by atoms with Gasteiger partial charge in [-0.05, 0) is 30.5 Å². The summed E-state index contributed by atoms with van der Waals surface area (Å²) in [6, 6.07) is 7.47. The number of aromatic nitrogens is 1. The second-order valence-corrected chi connectivity index (χ2v) is 6.82. The lowest BCUT2D eigenvalue weighted by atomic mass is 9.95. The number of benzene rings is 1. The Morgan fingerprint density at radius 2 is 1.91 bits per heavy atom. The zero-order chi connectivity index (χ0) is 16.1. The molecule has 1 heterocycles. The highest BCUT2D eigenvalue weighted by Gasteiger charge is 2.22. The molecular weight excluding hydrogens is 318 g/mol. The van der Waals surface area contributed by atoms with Crippen molar-refractivity contribution in [3.05, 3.63) is 46.4 Å². The maximum Gasteiger partial charge on any atom is 0.243 e. The van der Waals surface area contributed by atoms with Gasteiger partial charge in [0.2, 0.25) is 5.91 Å². The van der Waals surface area contributed by atoms with E-state index in [2.05, 4.69) is 29.5 Å². The van der Waals surface area contributed by atoms with E-state index in [-0.39, 0.29) is 18.0 Å². The minimum Gasteiger partial charge on any atom is -0.301 e. The topological polar surface area (TPSA) is 54.0 Å². The maximum absolute atomic E-state index is 12.2. The Labute approximate surface area is 139 Å². The van der Waals surface area contributed by atoms with Crippen LogP contribution in [0.2, 0.25) is 5.02 Å². The molecule has 4 nitrogen and oxygen atoms in total. The number of amides is 1. The van der Waals surface area contributed by atoms with Gasteiger partial charge < -0.3 is 5.32 Å². The number of rotatable bonds is 6. The number of carbonyl (C=O) groups excluding carboxylic acids is 1. The molecule has 0 saturated heterocycles. The molecule has 1 amide bonds. The van der Waals surface area contributed by atoms with E-state index in [1.807, 2.05) is 36.6 Å². The van der Waals surface area contributed by atoms with Crippen LogP contribution in [0.5, 0.6) is 0 Å². The fourth-order valence-electron chi connectivity index (χ4n) is 2.19. The molecule has 0 radical (unpaired) electrons. The van der Waals surface area contributed by atoms with Crippen LogP contribution in [0.1, 0.15) is 32.4 Å². The Morgan fingerprint density at radius 1 is 1.23 bits per heavy atom. The zero-order valence-electron chi connectivity index (χ0n) is 12.8. The summed E-state index contributed by atoms with van der Waals surface area (Å²) in [4.78, 5) is 16.3. The van der Waals surface area contributed by atoms with Gasteiger partial charge in [-0.1, -0.05) is 37.6 Å². The summed E-state index contributed by atoms with van der Waals surface area (Å²) in [6.07, 6.45) is 1.67. The molecule has 0 aliphatic carbocycles.